The predicted octanol–water partition coefficient (Wildman–Crippen LogP) is -0.207. The average molecular weight is 339 g/mol. The standard InChI is InChI=1S/C14H21N5O3S/c15-14-16-11-10(12(21)17-14)23-7-19(11)13-9(5-8(6-20)22-13)18-3-1-2-4-18/h8-9,13,20H,1-7H2,(H3,15,16,17,21)/t8-,9+,13+/m0/s1. The second-order valence-corrected chi connectivity index (χ2v) is 7.18. The maximum Gasteiger partial charge on any atom is 0.268 e. The van der Waals surface area contributed by atoms with Crippen molar-refractivity contribution in [3.63, 3.8) is 0 Å². The Labute approximate surface area is 138 Å². The molecule has 1 aromatic heterocycles. The van der Waals surface area contributed by atoms with E-state index >= 15 is 0 Å². The van der Waals surface area contributed by atoms with Gasteiger partial charge in [-0.25, -0.2) is 0 Å². The SMILES string of the molecule is Nc1nc2c(c(=O)[nH]1)SCN2[C@@H]1O[C@H](CO)C[C@H]1N1CCCC1. The van der Waals surface area contributed by atoms with Gasteiger partial charge in [0.25, 0.3) is 5.56 Å². The zero-order valence-corrected chi connectivity index (χ0v) is 13.6. The Hall–Kier alpha value is -1.29. The zero-order chi connectivity index (χ0) is 16.0. The number of aromatic amines is 1. The highest BCUT2D eigenvalue weighted by atomic mass is 32.2. The van der Waals surface area contributed by atoms with Gasteiger partial charge in [0.05, 0.1) is 24.6 Å². The molecule has 4 heterocycles. The summed E-state index contributed by atoms with van der Waals surface area (Å²) < 4.78 is 6.08. The van der Waals surface area contributed by atoms with Crippen LogP contribution in [0.25, 0.3) is 0 Å². The van der Waals surface area contributed by atoms with E-state index in [1.165, 1.54) is 24.6 Å². The molecule has 9 heteroatoms. The summed E-state index contributed by atoms with van der Waals surface area (Å²) in [5.41, 5.74) is 5.51. The Morgan fingerprint density at radius 1 is 1.43 bits per heavy atom. The van der Waals surface area contributed by atoms with E-state index in [0.717, 1.165) is 19.5 Å². The highest BCUT2D eigenvalue weighted by Crippen LogP contribution is 2.40. The van der Waals surface area contributed by atoms with Crippen LogP contribution in [-0.2, 0) is 4.74 Å². The number of aliphatic hydroxyl groups excluding tert-OH is 1. The van der Waals surface area contributed by atoms with Crippen molar-refractivity contribution < 1.29 is 9.84 Å². The van der Waals surface area contributed by atoms with Gasteiger partial charge < -0.3 is 20.5 Å². The number of fused-ring (bicyclic) bond motifs is 1. The smallest absolute Gasteiger partial charge is 0.268 e. The van der Waals surface area contributed by atoms with Crippen molar-refractivity contribution in [3.05, 3.63) is 10.4 Å². The molecule has 0 bridgehead atoms. The first kappa shape index (κ1) is 15.3. The van der Waals surface area contributed by atoms with E-state index in [1.807, 2.05) is 4.90 Å². The van der Waals surface area contributed by atoms with Crippen LogP contribution in [0.1, 0.15) is 19.3 Å². The molecule has 3 atom stereocenters. The number of hydrogen-bond donors (Lipinski definition) is 3. The molecule has 0 aromatic carbocycles. The van der Waals surface area contributed by atoms with E-state index in [1.54, 1.807) is 0 Å². The van der Waals surface area contributed by atoms with Crippen molar-refractivity contribution in [2.45, 2.75) is 42.5 Å². The van der Waals surface area contributed by atoms with E-state index in [0.29, 0.717) is 16.6 Å². The Morgan fingerprint density at radius 2 is 2.22 bits per heavy atom. The molecule has 0 saturated carbocycles. The van der Waals surface area contributed by atoms with Gasteiger partial charge in [0.1, 0.15) is 11.1 Å². The number of nitrogen functional groups attached to an aromatic ring is 1. The Balaban J connectivity index is 1.65. The molecular weight excluding hydrogens is 318 g/mol. The molecule has 8 nitrogen and oxygen atoms in total. The van der Waals surface area contributed by atoms with Crippen molar-refractivity contribution in [2.75, 3.05) is 36.2 Å². The largest absolute Gasteiger partial charge is 0.394 e. The molecule has 1 aromatic rings. The van der Waals surface area contributed by atoms with Crippen LogP contribution in [0.2, 0.25) is 0 Å². The first-order chi connectivity index (χ1) is 11.2. The molecule has 0 unspecified atom stereocenters. The number of ether oxygens (including phenoxy) is 1. The summed E-state index contributed by atoms with van der Waals surface area (Å²) in [6, 6.07) is 0.212. The summed E-state index contributed by atoms with van der Waals surface area (Å²) in [6.45, 7) is 2.13. The lowest BCUT2D eigenvalue weighted by Crippen LogP contribution is -2.48. The third-order valence-electron chi connectivity index (χ3n) is 4.78. The number of nitrogens with zero attached hydrogens (tertiary/aromatic N) is 3. The van der Waals surface area contributed by atoms with Crippen LogP contribution < -0.4 is 16.2 Å². The minimum Gasteiger partial charge on any atom is -0.394 e. The van der Waals surface area contributed by atoms with Gasteiger partial charge in [0.15, 0.2) is 5.82 Å². The maximum absolute atomic E-state index is 12.0. The molecule has 0 amide bonds. The van der Waals surface area contributed by atoms with Crippen molar-refractivity contribution in [3.8, 4) is 0 Å². The molecule has 3 aliphatic heterocycles. The first-order valence-electron chi connectivity index (χ1n) is 7.97. The molecular formula is C14H21N5O3S. The number of aliphatic hydroxyl groups is 1. The number of rotatable bonds is 3. The molecule has 0 radical (unpaired) electrons. The van der Waals surface area contributed by atoms with Gasteiger partial charge in [-0.15, -0.1) is 0 Å². The van der Waals surface area contributed by atoms with Crippen LogP contribution in [0.15, 0.2) is 9.69 Å². The summed E-state index contributed by atoms with van der Waals surface area (Å²) in [5.74, 6) is 1.34. The molecule has 23 heavy (non-hydrogen) atoms. The number of H-pyrrole nitrogens is 1. The summed E-state index contributed by atoms with van der Waals surface area (Å²) in [4.78, 5) is 23.9. The van der Waals surface area contributed by atoms with E-state index in [9.17, 15) is 9.90 Å². The molecule has 0 spiro atoms. The van der Waals surface area contributed by atoms with Crippen LogP contribution in [0.5, 0.6) is 0 Å². The molecule has 2 fully saturated rings. The number of hydrogen-bond acceptors (Lipinski definition) is 8. The number of aromatic nitrogens is 2. The van der Waals surface area contributed by atoms with Crippen LogP contribution in [0.4, 0.5) is 11.8 Å². The summed E-state index contributed by atoms with van der Waals surface area (Å²) in [7, 11) is 0. The maximum atomic E-state index is 12.0. The molecule has 0 aliphatic carbocycles. The van der Waals surface area contributed by atoms with Crippen LogP contribution in [0.3, 0.4) is 0 Å². The molecule has 2 saturated heterocycles. The Bertz CT molecular complexity index is 648. The predicted molar refractivity (Wildman–Crippen MR) is 87.4 cm³/mol. The quantitative estimate of drug-likeness (QED) is 0.694. The third kappa shape index (κ3) is 2.61. The first-order valence-corrected chi connectivity index (χ1v) is 8.95. The van der Waals surface area contributed by atoms with Gasteiger partial charge in [-0.05, 0) is 32.4 Å². The topological polar surface area (TPSA) is 108 Å². The van der Waals surface area contributed by atoms with Crippen LogP contribution in [0, 0.1) is 0 Å². The monoisotopic (exact) mass is 339 g/mol. The summed E-state index contributed by atoms with van der Waals surface area (Å²) >= 11 is 1.45. The number of thioether (sulfide) groups is 1. The molecule has 126 valence electrons. The average Bonchev–Trinajstić information content (AvgIpc) is 3.25. The fourth-order valence-corrected chi connectivity index (χ4v) is 4.72. The lowest BCUT2D eigenvalue weighted by molar-refractivity contribution is 0.000325. The number of nitrogens with one attached hydrogen (secondary N) is 1. The second-order valence-electron chi connectivity index (χ2n) is 6.22. The highest BCUT2D eigenvalue weighted by molar-refractivity contribution is 7.99. The Kier molecular flexibility index (Phi) is 3.96. The van der Waals surface area contributed by atoms with Crippen LogP contribution in [-0.4, -0.2) is 63.9 Å². The van der Waals surface area contributed by atoms with Crippen molar-refractivity contribution >= 4 is 23.5 Å². The van der Waals surface area contributed by atoms with Gasteiger partial charge in [0, 0.05) is 0 Å². The van der Waals surface area contributed by atoms with Crippen molar-refractivity contribution in [1.82, 2.24) is 14.9 Å². The third-order valence-corrected chi connectivity index (χ3v) is 5.85. The van der Waals surface area contributed by atoms with E-state index in [-0.39, 0.29) is 36.5 Å². The molecule has 4 rings (SSSR count). The number of anilines is 2. The fourth-order valence-electron chi connectivity index (χ4n) is 3.71. The lowest BCUT2D eigenvalue weighted by atomic mass is 10.1. The van der Waals surface area contributed by atoms with Gasteiger partial charge in [0.2, 0.25) is 5.95 Å². The zero-order valence-electron chi connectivity index (χ0n) is 12.8. The van der Waals surface area contributed by atoms with Crippen LogP contribution >= 0.6 is 11.8 Å². The second kappa shape index (κ2) is 5.97. The number of nitrogens with two attached hydrogens (primary N) is 1. The fraction of sp³-hybridized carbons (Fsp3) is 0.714. The lowest BCUT2D eigenvalue weighted by Gasteiger charge is -2.34. The van der Waals surface area contributed by atoms with Gasteiger partial charge in [-0.1, -0.05) is 11.8 Å². The van der Waals surface area contributed by atoms with Gasteiger partial charge >= 0.3 is 0 Å². The number of likely N-dealkylation sites (tertiary alicyclic amines) is 1. The highest BCUT2D eigenvalue weighted by Gasteiger charge is 2.45. The summed E-state index contributed by atoms with van der Waals surface area (Å²) in [5, 5.41) is 9.51. The Morgan fingerprint density at radius 3 is 2.96 bits per heavy atom. The van der Waals surface area contributed by atoms with Gasteiger partial charge in [-0.2, -0.15) is 4.98 Å². The molecule has 4 N–H and O–H groups in total. The molecule has 3 aliphatic rings. The van der Waals surface area contributed by atoms with Crippen molar-refractivity contribution in [1.29, 1.82) is 0 Å². The normalized spacial score (nSPS) is 31.0. The van der Waals surface area contributed by atoms with E-state index in [2.05, 4.69) is 14.9 Å². The van der Waals surface area contributed by atoms with Gasteiger partial charge in [-0.3, -0.25) is 14.7 Å². The van der Waals surface area contributed by atoms with Crippen molar-refractivity contribution in [2.24, 2.45) is 0 Å². The van der Waals surface area contributed by atoms with E-state index in [4.69, 9.17) is 10.5 Å². The summed E-state index contributed by atoms with van der Waals surface area (Å²) in [6.07, 6.45) is 2.83. The minimum absolute atomic E-state index is 0.0135. The van der Waals surface area contributed by atoms with E-state index < -0.39 is 0 Å². The minimum atomic E-state index is -0.201.